The van der Waals surface area contributed by atoms with Gasteiger partial charge in [-0.3, -0.25) is 4.79 Å². The Morgan fingerprint density at radius 1 is 1.45 bits per heavy atom. The van der Waals surface area contributed by atoms with Crippen molar-refractivity contribution in [2.75, 3.05) is 13.7 Å². The number of ether oxygens (including phenoxy) is 2. The molecule has 5 atom stereocenters. The molecule has 0 saturated carbocycles. The SMILES string of the molecule is C[B]N(C)C(=O)O[C@@H]([C@@H]1OC(C(=O)O)=C[C@H](N=C(N)N)[C@H]1NC(C)=O)[C@H](O)CO. The topological polar surface area (TPSA) is 210 Å². The van der Waals surface area contributed by atoms with Crippen LogP contribution in [0.5, 0.6) is 0 Å². The van der Waals surface area contributed by atoms with E-state index in [2.05, 4.69) is 10.3 Å². The number of hydrogen-bond donors (Lipinski definition) is 6. The number of aliphatic imine (C=N–C) groups is 1. The minimum absolute atomic E-state index is 0.399. The van der Waals surface area contributed by atoms with Gasteiger partial charge in [-0.1, -0.05) is 6.82 Å². The lowest BCUT2D eigenvalue weighted by Gasteiger charge is -2.40. The number of carbonyl (C=O) groups is 3. The van der Waals surface area contributed by atoms with Gasteiger partial charge in [0.05, 0.1) is 18.7 Å². The maximum absolute atomic E-state index is 12.2. The van der Waals surface area contributed by atoms with Crippen LogP contribution in [0.15, 0.2) is 16.8 Å². The molecular formula is C15H25BN5O8. The van der Waals surface area contributed by atoms with E-state index in [4.69, 9.17) is 20.9 Å². The van der Waals surface area contributed by atoms with Gasteiger partial charge in [0.1, 0.15) is 6.10 Å². The monoisotopic (exact) mass is 414 g/mol. The van der Waals surface area contributed by atoms with E-state index in [0.29, 0.717) is 0 Å². The van der Waals surface area contributed by atoms with Gasteiger partial charge in [0, 0.05) is 6.92 Å². The number of nitrogens with zero attached hydrogens (tertiary/aromatic N) is 2. The highest BCUT2D eigenvalue weighted by Crippen LogP contribution is 2.26. The predicted molar refractivity (Wildman–Crippen MR) is 101 cm³/mol. The van der Waals surface area contributed by atoms with Gasteiger partial charge in [-0.25, -0.2) is 14.6 Å². The molecule has 1 aliphatic heterocycles. The third-order valence-electron chi connectivity index (χ3n) is 3.99. The third kappa shape index (κ3) is 6.53. The Morgan fingerprint density at radius 3 is 2.52 bits per heavy atom. The number of hydrogen-bond acceptors (Lipinski definition) is 8. The van der Waals surface area contributed by atoms with E-state index in [1.807, 2.05) is 0 Å². The molecule has 0 fully saturated rings. The molecule has 2 amide bonds. The molecule has 1 aliphatic rings. The molecule has 1 heterocycles. The molecule has 0 unspecified atom stereocenters. The molecule has 161 valence electrons. The van der Waals surface area contributed by atoms with Crippen molar-refractivity contribution >= 4 is 31.3 Å². The van der Waals surface area contributed by atoms with E-state index >= 15 is 0 Å². The molecule has 0 bridgehead atoms. The normalized spacial score (nSPS) is 22.8. The minimum Gasteiger partial charge on any atom is -0.477 e. The summed E-state index contributed by atoms with van der Waals surface area (Å²) in [5.41, 5.74) is 10.8. The summed E-state index contributed by atoms with van der Waals surface area (Å²) in [7, 11) is 2.76. The van der Waals surface area contributed by atoms with Gasteiger partial charge in [0.25, 0.3) is 7.41 Å². The molecule has 1 radical (unpaired) electrons. The summed E-state index contributed by atoms with van der Waals surface area (Å²) in [4.78, 5) is 40.3. The number of aliphatic carboxylic acids is 1. The van der Waals surface area contributed by atoms with Crippen molar-refractivity contribution in [1.82, 2.24) is 10.1 Å². The number of amides is 2. The fourth-order valence-corrected chi connectivity index (χ4v) is 2.57. The minimum atomic E-state index is -1.67. The highest BCUT2D eigenvalue weighted by molar-refractivity contribution is 6.34. The molecule has 0 saturated heterocycles. The van der Waals surface area contributed by atoms with Crippen LogP contribution in [-0.4, -0.2) is 95.5 Å². The van der Waals surface area contributed by atoms with Crippen molar-refractivity contribution in [3.05, 3.63) is 11.8 Å². The van der Waals surface area contributed by atoms with Gasteiger partial charge in [0.2, 0.25) is 11.7 Å². The smallest absolute Gasteiger partial charge is 0.397 e. The third-order valence-corrected chi connectivity index (χ3v) is 3.99. The zero-order valence-corrected chi connectivity index (χ0v) is 16.2. The van der Waals surface area contributed by atoms with E-state index in [0.717, 1.165) is 10.9 Å². The molecular weight excluding hydrogens is 389 g/mol. The number of carboxylic acid groups (broad SMARTS) is 1. The van der Waals surface area contributed by atoms with Crippen LogP contribution in [0.2, 0.25) is 6.82 Å². The quantitative estimate of drug-likeness (QED) is 0.134. The maximum Gasteiger partial charge on any atom is 0.397 e. The second-order valence-electron chi connectivity index (χ2n) is 6.16. The van der Waals surface area contributed by atoms with Crippen molar-refractivity contribution < 1.29 is 39.2 Å². The standard InChI is InChI=1S/C15H25BN5O8/c1-6(23)19-10-7(20-14(17)18)4-9(13(25)26)28-12(10)11(8(24)5-22)29-15(27)21(3)16-2/h4,7-8,10-12,22,24H,5H2,1-3H3,(H,19,23)(H,25,26)(H4,17,18,20)/t7-,8+,10+,11+,12+/m0/s1. The van der Waals surface area contributed by atoms with Crippen LogP contribution in [0.3, 0.4) is 0 Å². The van der Waals surface area contributed by atoms with E-state index in [-0.39, 0.29) is 0 Å². The molecule has 14 heteroatoms. The molecule has 0 aromatic rings. The average Bonchev–Trinajstić information content (AvgIpc) is 2.64. The van der Waals surface area contributed by atoms with Gasteiger partial charge in [0.15, 0.2) is 18.2 Å². The van der Waals surface area contributed by atoms with E-state index in [1.165, 1.54) is 21.4 Å². The van der Waals surface area contributed by atoms with Crippen LogP contribution < -0.4 is 16.8 Å². The summed E-state index contributed by atoms with van der Waals surface area (Å²) < 4.78 is 10.6. The van der Waals surface area contributed by atoms with Gasteiger partial charge in [-0.05, 0) is 13.1 Å². The Hall–Kier alpha value is -3.00. The number of nitrogens with one attached hydrogen (secondary N) is 1. The van der Waals surface area contributed by atoms with Crippen LogP contribution in [0, 0.1) is 0 Å². The number of aliphatic hydroxyl groups is 2. The number of rotatable bonds is 8. The van der Waals surface area contributed by atoms with Gasteiger partial charge < -0.3 is 46.4 Å². The molecule has 0 spiro atoms. The highest BCUT2D eigenvalue weighted by atomic mass is 16.6. The van der Waals surface area contributed by atoms with Crippen molar-refractivity contribution in [2.24, 2.45) is 16.5 Å². The Balaban J connectivity index is 3.44. The number of guanidine groups is 1. The summed E-state index contributed by atoms with van der Waals surface area (Å²) in [6.45, 7) is 1.89. The number of aliphatic hydroxyl groups excluding tert-OH is 2. The molecule has 0 aromatic carbocycles. The fourth-order valence-electron chi connectivity index (χ4n) is 2.57. The largest absolute Gasteiger partial charge is 0.477 e. The molecule has 1 rings (SSSR count). The van der Waals surface area contributed by atoms with Gasteiger partial charge in [-0.15, -0.1) is 0 Å². The Morgan fingerprint density at radius 2 is 2.07 bits per heavy atom. The molecule has 8 N–H and O–H groups in total. The van der Waals surface area contributed by atoms with Crippen molar-refractivity contribution in [3.63, 3.8) is 0 Å². The summed E-state index contributed by atoms with van der Waals surface area (Å²) >= 11 is 0. The predicted octanol–water partition coefficient (Wildman–Crippen LogP) is -3.04. The van der Waals surface area contributed by atoms with Crippen LogP contribution in [0.25, 0.3) is 0 Å². The van der Waals surface area contributed by atoms with Crippen molar-refractivity contribution in [2.45, 2.75) is 44.1 Å². The van der Waals surface area contributed by atoms with E-state index in [1.54, 1.807) is 6.82 Å². The Labute approximate surface area is 167 Å². The van der Waals surface area contributed by atoms with Crippen LogP contribution in [0.1, 0.15) is 6.92 Å². The number of carbonyl (C=O) groups excluding carboxylic acids is 2. The Bertz CT molecular complexity index is 684. The summed E-state index contributed by atoms with van der Waals surface area (Å²) in [6, 6.07) is -2.25. The average molecular weight is 414 g/mol. The first kappa shape index (κ1) is 24.0. The lowest BCUT2D eigenvalue weighted by atomic mass is 9.92. The maximum atomic E-state index is 12.2. The van der Waals surface area contributed by atoms with Gasteiger partial charge >= 0.3 is 12.1 Å². The zero-order valence-electron chi connectivity index (χ0n) is 16.2. The van der Waals surface area contributed by atoms with E-state index in [9.17, 15) is 29.7 Å². The molecule has 0 aromatic heterocycles. The van der Waals surface area contributed by atoms with Gasteiger partial charge in [-0.2, -0.15) is 0 Å². The fraction of sp³-hybridized carbons (Fsp3) is 0.600. The number of nitrogens with two attached hydrogens (primary N) is 2. The molecule has 29 heavy (non-hydrogen) atoms. The first-order valence-corrected chi connectivity index (χ1v) is 8.51. The lowest BCUT2D eigenvalue weighted by Crippen LogP contribution is -2.61. The van der Waals surface area contributed by atoms with Crippen molar-refractivity contribution in [1.29, 1.82) is 0 Å². The summed E-state index contributed by atoms with van der Waals surface area (Å²) in [5.74, 6) is -3.01. The lowest BCUT2D eigenvalue weighted by molar-refractivity contribution is -0.146. The second-order valence-corrected chi connectivity index (χ2v) is 6.16. The van der Waals surface area contributed by atoms with E-state index < -0.39 is 66.7 Å². The number of carboxylic acids is 1. The second kappa shape index (κ2) is 10.5. The Kier molecular flexibility index (Phi) is 8.72. The molecule has 13 nitrogen and oxygen atoms in total. The zero-order chi connectivity index (χ0) is 22.3. The highest BCUT2D eigenvalue weighted by Gasteiger charge is 2.46. The van der Waals surface area contributed by atoms with Crippen molar-refractivity contribution in [3.8, 4) is 0 Å². The molecule has 0 aliphatic carbocycles. The van der Waals surface area contributed by atoms with Crippen LogP contribution >= 0.6 is 0 Å². The summed E-state index contributed by atoms with van der Waals surface area (Å²) in [6.07, 6.45) is -4.54. The van der Waals surface area contributed by atoms with Crippen LogP contribution in [-0.2, 0) is 19.1 Å². The first-order chi connectivity index (χ1) is 13.5. The first-order valence-electron chi connectivity index (χ1n) is 8.51. The summed E-state index contributed by atoms with van der Waals surface area (Å²) in [5, 5.41) is 31.4. The van der Waals surface area contributed by atoms with Crippen LogP contribution in [0.4, 0.5) is 4.79 Å².